The second-order valence-electron chi connectivity index (χ2n) is 19.9. The van der Waals surface area contributed by atoms with Crippen LogP contribution in [0, 0.1) is 6.92 Å². The number of nitrogens with one attached hydrogen (secondary N) is 1. The molecule has 0 saturated carbocycles. The van der Waals surface area contributed by atoms with Crippen LogP contribution in [-0.4, -0.2) is 138 Å². The summed E-state index contributed by atoms with van der Waals surface area (Å²) < 4.78 is 136. The van der Waals surface area contributed by atoms with E-state index >= 15 is 0 Å². The van der Waals surface area contributed by atoms with E-state index in [-0.39, 0.29) is 34.2 Å². The molecule has 4 aliphatic rings. The summed E-state index contributed by atoms with van der Waals surface area (Å²) in [7, 11) is -26.1. The number of phosphoric ester groups is 2. The summed E-state index contributed by atoms with van der Waals surface area (Å²) >= 11 is 0. The zero-order chi connectivity index (χ0) is 57.5. The van der Waals surface area contributed by atoms with Crippen molar-refractivity contribution in [3.05, 3.63) is 89.8 Å². The van der Waals surface area contributed by atoms with Crippen molar-refractivity contribution in [2.75, 3.05) is 37.7 Å². The van der Waals surface area contributed by atoms with Crippen LogP contribution in [0.5, 0.6) is 0 Å². The molecule has 1 fully saturated rings. The highest BCUT2D eigenvalue weighted by Gasteiger charge is 2.56. The first-order valence-electron chi connectivity index (χ1n) is 25.1. The molecule has 1 aliphatic carbocycles. The highest BCUT2D eigenvalue weighted by molar-refractivity contribution is 7.86. The fourth-order valence-corrected chi connectivity index (χ4v) is 15.4. The predicted molar refractivity (Wildman–Crippen MR) is 279 cm³/mol. The van der Waals surface area contributed by atoms with Gasteiger partial charge in [0.2, 0.25) is 11.6 Å². The molecular weight excluding hydrogens is 1140 g/mol. The summed E-state index contributed by atoms with van der Waals surface area (Å²) in [5.74, 6) is -0.175. The number of aryl methyl sites for hydroxylation is 1. The lowest BCUT2D eigenvalue weighted by Gasteiger charge is -2.37. The molecule has 2 aromatic carbocycles. The van der Waals surface area contributed by atoms with Crippen molar-refractivity contribution >= 4 is 77.9 Å². The van der Waals surface area contributed by atoms with Crippen molar-refractivity contribution in [2.45, 2.75) is 131 Å². The Morgan fingerprint density at radius 3 is 2.27 bits per heavy atom. The number of likely N-dealkylation sites (N-methyl/N-ethyl adjacent to an activating group) is 1. The first kappa shape index (κ1) is 60.6. The summed E-state index contributed by atoms with van der Waals surface area (Å²) in [4.78, 5) is 56.6. The maximum atomic E-state index is 12.7. The maximum absolute atomic E-state index is 12.7. The molecule has 0 radical (unpaired) electrons. The molecule has 27 nitrogen and oxygen atoms in total. The van der Waals surface area contributed by atoms with Gasteiger partial charge in [-0.25, -0.2) is 37.1 Å². The maximum Gasteiger partial charge on any atom is 0.490 e. The Morgan fingerprint density at radius 2 is 1.56 bits per heavy atom. The molecule has 1 saturated heterocycles. The largest absolute Gasteiger partial charge is 0.744 e. The van der Waals surface area contributed by atoms with Crippen LogP contribution < -0.4 is 10.2 Å². The molecular formula is C47H62N7O20P3S2. The highest BCUT2D eigenvalue weighted by atomic mass is 32.2. The minimum Gasteiger partial charge on any atom is -0.744 e. The SMILES string of the molecule is CCN1/C2=C/C=C/C3=[N+](CCCCCC(=O)NCCCCCCOP(=O)(O)OP(=O)(O)OP(=O)(O)OC[C@H]4O[C@@H](n5cnc6c(C)ncnc65)[C@H](O)[C@@H]4O)c4ccc(S(=O)(=O)[O-])cc4C3(C)CC2(C)c2cc(S(=O)(=O)O)ccc21. The number of rotatable bonds is 25. The van der Waals surface area contributed by atoms with Gasteiger partial charge in [-0.15, -0.1) is 0 Å². The minimum absolute atomic E-state index is 0.173. The number of nitrogens with zero attached hydrogens (tertiary/aromatic N) is 6. The summed E-state index contributed by atoms with van der Waals surface area (Å²) in [5, 5.41) is 24.0. The first-order valence-corrected chi connectivity index (χ1v) is 32.5. The molecule has 7 N–H and O–H groups in total. The average Bonchev–Trinajstić information content (AvgIpc) is 3.38. The fourth-order valence-electron chi connectivity index (χ4n) is 10.8. The van der Waals surface area contributed by atoms with Crippen LogP contribution in [0.3, 0.4) is 0 Å². The van der Waals surface area contributed by atoms with Crippen LogP contribution in [0.1, 0.15) is 102 Å². The van der Waals surface area contributed by atoms with Gasteiger partial charge in [0.25, 0.3) is 10.1 Å². The number of amides is 1. The van der Waals surface area contributed by atoms with E-state index in [1.54, 1.807) is 19.1 Å². The van der Waals surface area contributed by atoms with Gasteiger partial charge >= 0.3 is 23.5 Å². The number of phosphoric acid groups is 3. The van der Waals surface area contributed by atoms with Crippen LogP contribution in [0.25, 0.3) is 11.2 Å². The molecule has 9 atom stereocenters. The molecule has 32 heteroatoms. The van der Waals surface area contributed by atoms with Gasteiger partial charge in [-0.2, -0.15) is 21.6 Å². The number of benzene rings is 2. The Balaban J connectivity index is 0.756. The molecule has 5 unspecified atom stereocenters. The van der Waals surface area contributed by atoms with Crippen molar-refractivity contribution in [1.29, 1.82) is 0 Å². The molecule has 8 rings (SSSR count). The van der Waals surface area contributed by atoms with Gasteiger partial charge in [0.05, 0.1) is 40.4 Å². The second-order valence-corrected chi connectivity index (χ2v) is 27.4. The zero-order valence-corrected chi connectivity index (χ0v) is 47.6. The highest BCUT2D eigenvalue weighted by Crippen LogP contribution is 2.68. The number of hydrogen-bond acceptors (Lipinski definition) is 20. The quantitative estimate of drug-likeness (QED) is 0.0194. The van der Waals surface area contributed by atoms with Crippen molar-refractivity contribution in [3.8, 4) is 0 Å². The average molecular weight is 1200 g/mol. The number of hydrogen-bond donors (Lipinski definition) is 7. The molecule has 432 valence electrons. The van der Waals surface area contributed by atoms with E-state index < -0.39 is 92.3 Å². The smallest absolute Gasteiger partial charge is 0.490 e. The first-order chi connectivity index (χ1) is 37.0. The Morgan fingerprint density at radius 1 is 0.873 bits per heavy atom. The third kappa shape index (κ3) is 13.2. The van der Waals surface area contributed by atoms with Gasteiger partial charge < -0.3 is 44.4 Å². The molecule has 0 spiro atoms. The number of allylic oxidation sites excluding steroid dienone is 4. The summed E-state index contributed by atoms with van der Waals surface area (Å²) in [6, 6.07) is 8.85. The van der Waals surface area contributed by atoms with Crippen molar-refractivity contribution in [3.63, 3.8) is 0 Å². The van der Waals surface area contributed by atoms with Crippen LogP contribution in [-0.2, 0) is 72.0 Å². The number of imidazole rings is 1. The van der Waals surface area contributed by atoms with Gasteiger partial charge in [0.15, 0.2) is 17.6 Å². The number of ether oxygens (including phenoxy) is 1. The van der Waals surface area contributed by atoms with E-state index in [0.29, 0.717) is 92.6 Å². The lowest BCUT2D eigenvalue weighted by Crippen LogP contribution is -2.41. The van der Waals surface area contributed by atoms with Crippen LogP contribution in [0.2, 0.25) is 0 Å². The number of carbonyl (C=O) groups is 1. The topological polar surface area (TPSA) is 389 Å². The van der Waals surface area contributed by atoms with Gasteiger partial charge in [0, 0.05) is 60.4 Å². The van der Waals surface area contributed by atoms with Gasteiger partial charge in [-0.05, 0) is 102 Å². The Kier molecular flexibility index (Phi) is 18.0. The standard InChI is InChI=1S/C47H62N7O20P3S2/c1-5-52-35-19-17-31(78(64,65)66)24-33(35)46(3)27-47(4)34-25-32(79(67,68)69)18-20-36(34)53(39(47)15-13-14-38(46)52)22-11-8-9-16-40(55)48-21-10-6-7-12-23-70-75(58,59)73-77(62,63)74-76(60,61)71-26-37-42(56)43(57)45(72-37)54-29-51-41-30(2)49-28-50-44(41)54/h13-15,17-20,24-25,28-29,37,42-43,45,56-57H,5-12,16,21-23,26-27H2,1-4H3,(H5-,48,55,58,59,60,61,62,63,64,65,66,67,68,69)/t37-,42-,43-,45-,46?,47?/m1/s1. The number of aliphatic hydroxyl groups excluding tert-OH is 2. The number of anilines is 1. The Labute approximate surface area is 455 Å². The zero-order valence-electron chi connectivity index (χ0n) is 43.3. The van der Waals surface area contributed by atoms with Crippen molar-refractivity contribution in [1.82, 2.24) is 24.8 Å². The van der Waals surface area contributed by atoms with Gasteiger partial charge in [-0.3, -0.25) is 23.0 Å². The minimum atomic E-state index is -5.80. The van der Waals surface area contributed by atoms with E-state index in [4.69, 9.17) is 9.26 Å². The van der Waals surface area contributed by atoms with Gasteiger partial charge in [-0.1, -0.05) is 18.9 Å². The monoisotopic (exact) mass is 1200 g/mol. The lowest BCUT2D eigenvalue weighted by atomic mass is 9.64. The predicted octanol–water partition coefficient (Wildman–Crippen LogP) is 5.21. The number of aliphatic hydroxyl groups is 2. The molecule has 2 aromatic heterocycles. The summed E-state index contributed by atoms with van der Waals surface area (Å²) in [6.07, 6.45) is 6.44. The van der Waals surface area contributed by atoms with E-state index in [2.05, 4.69) is 42.9 Å². The number of unbranched alkanes of at least 4 members (excludes halogenated alkanes) is 5. The number of aromatic nitrogens is 4. The van der Waals surface area contributed by atoms with Crippen LogP contribution in [0.15, 0.2) is 82.8 Å². The van der Waals surface area contributed by atoms with Crippen LogP contribution in [0.4, 0.5) is 11.4 Å². The van der Waals surface area contributed by atoms with Crippen LogP contribution >= 0.6 is 23.5 Å². The Hall–Kier alpha value is -4.48. The van der Waals surface area contributed by atoms with Gasteiger partial charge in [0.1, 0.15) is 46.8 Å². The van der Waals surface area contributed by atoms with E-state index in [1.165, 1.54) is 41.5 Å². The summed E-state index contributed by atoms with van der Waals surface area (Å²) in [5.41, 5.74) is 3.95. The Bertz CT molecular complexity index is 3490. The third-order valence-corrected chi connectivity index (χ3v) is 20.4. The number of carbonyl (C=O) groups excluding carboxylic acids is 1. The fraction of sp³-hybridized carbons (Fsp3) is 0.511. The third-order valence-electron chi connectivity index (χ3n) is 14.4. The molecule has 0 bridgehead atoms. The molecule has 1 amide bonds. The normalized spacial score (nSPS) is 26.2. The lowest BCUT2D eigenvalue weighted by molar-refractivity contribution is -0.438. The molecule has 4 aromatic rings. The molecule has 5 heterocycles. The number of fused-ring (bicyclic) bond motifs is 7. The van der Waals surface area contributed by atoms with E-state index in [1.807, 2.05) is 39.0 Å². The molecule has 79 heavy (non-hydrogen) atoms. The second kappa shape index (κ2) is 23.4. The molecule has 3 aliphatic heterocycles. The van der Waals surface area contributed by atoms with E-state index in [9.17, 15) is 69.3 Å². The van der Waals surface area contributed by atoms with E-state index in [0.717, 1.165) is 17.1 Å². The van der Waals surface area contributed by atoms with Crippen molar-refractivity contribution in [2.24, 2.45) is 0 Å². The van der Waals surface area contributed by atoms with Crippen molar-refractivity contribution < 1.29 is 96.3 Å². The summed E-state index contributed by atoms with van der Waals surface area (Å²) in [6.45, 7) is 7.59.